The number of anilines is 1. The normalized spacial score (nSPS) is 12.9. The first kappa shape index (κ1) is 22.7. The number of carbonyl (C=O) groups excluding carboxylic acids is 1. The molecule has 0 heterocycles. The second-order valence-electron chi connectivity index (χ2n) is 7.98. The molecule has 0 aliphatic carbocycles. The van der Waals surface area contributed by atoms with Gasteiger partial charge in [-0.3, -0.25) is 9.10 Å². The molecule has 2 aromatic carbocycles. The third kappa shape index (κ3) is 6.49. The predicted octanol–water partition coefficient (Wildman–Crippen LogP) is 3.33. The van der Waals surface area contributed by atoms with Crippen molar-refractivity contribution in [2.75, 3.05) is 23.7 Å². The Morgan fingerprint density at radius 3 is 2.17 bits per heavy atom. The van der Waals surface area contributed by atoms with E-state index in [1.165, 1.54) is 5.56 Å². The van der Waals surface area contributed by atoms with Gasteiger partial charge in [0.15, 0.2) is 0 Å². The van der Waals surface area contributed by atoms with Crippen LogP contribution >= 0.6 is 0 Å². The van der Waals surface area contributed by atoms with Gasteiger partial charge in [0.05, 0.1) is 18.5 Å². The first-order chi connectivity index (χ1) is 13.5. The number of benzene rings is 2. The number of hydrogen-bond donors (Lipinski definition) is 1. The quantitative estimate of drug-likeness (QED) is 0.667. The molecule has 1 atom stereocenters. The Kier molecular flexibility index (Phi) is 7.30. The predicted molar refractivity (Wildman–Crippen MR) is 117 cm³/mol. The van der Waals surface area contributed by atoms with Crippen molar-refractivity contribution in [3.63, 3.8) is 0 Å². The van der Waals surface area contributed by atoms with E-state index in [2.05, 4.69) is 26.1 Å². The summed E-state index contributed by atoms with van der Waals surface area (Å²) in [4.78, 5) is 12.5. The van der Waals surface area contributed by atoms with Crippen LogP contribution in [0.2, 0.25) is 0 Å². The molecule has 0 aliphatic rings. The van der Waals surface area contributed by atoms with E-state index in [0.717, 1.165) is 16.3 Å². The lowest BCUT2D eigenvalue weighted by atomic mass is 9.87. The molecule has 0 unspecified atom stereocenters. The van der Waals surface area contributed by atoms with E-state index in [4.69, 9.17) is 4.74 Å². The van der Waals surface area contributed by atoms with Gasteiger partial charge in [-0.2, -0.15) is 0 Å². The molecular formula is C22H30N2O4S. The second-order valence-corrected chi connectivity index (χ2v) is 9.84. The van der Waals surface area contributed by atoms with Gasteiger partial charge >= 0.3 is 0 Å². The third-order valence-corrected chi connectivity index (χ3v) is 5.73. The number of hydrogen-bond acceptors (Lipinski definition) is 4. The van der Waals surface area contributed by atoms with Crippen LogP contribution in [0.3, 0.4) is 0 Å². The second kappa shape index (κ2) is 9.31. The number of ether oxygens (including phenoxy) is 1. The van der Waals surface area contributed by atoms with Crippen LogP contribution in [0.4, 0.5) is 5.69 Å². The number of para-hydroxylation sites is 1. The summed E-state index contributed by atoms with van der Waals surface area (Å²) in [6.07, 6.45) is 1.09. The van der Waals surface area contributed by atoms with Crippen molar-refractivity contribution in [3.05, 3.63) is 60.2 Å². The lowest BCUT2D eigenvalue weighted by molar-refractivity contribution is -0.121. The molecule has 0 saturated heterocycles. The highest BCUT2D eigenvalue weighted by atomic mass is 32.2. The van der Waals surface area contributed by atoms with Gasteiger partial charge in [0.2, 0.25) is 15.9 Å². The monoisotopic (exact) mass is 418 g/mol. The largest absolute Gasteiger partial charge is 0.492 e. The number of rotatable bonds is 8. The van der Waals surface area contributed by atoms with Crippen LogP contribution in [0, 0.1) is 0 Å². The van der Waals surface area contributed by atoms with E-state index < -0.39 is 16.1 Å². The Morgan fingerprint density at radius 2 is 1.66 bits per heavy atom. The Bertz CT molecular complexity index is 904. The van der Waals surface area contributed by atoms with E-state index in [-0.39, 0.29) is 24.5 Å². The molecule has 2 rings (SSSR count). The molecule has 0 aromatic heterocycles. The smallest absolute Gasteiger partial charge is 0.243 e. The first-order valence-electron chi connectivity index (χ1n) is 9.55. The summed E-state index contributed by atoms with van der Waals surface area (Å²) < 4.78 is 31.2. The molecule has 1 N–H and O–H groups in total. The average molecular weight is 419 g/mol. The average Bonchev–Trinajstić information content (AvgIpc) is 2.64. The fraction of sp³-hybridized carbons (Fsp3) is 0.409. The highest BCUT2D eigenvalue weighted by Gasteiger charge is 2.28. The maximum atomic E-state index is 12.5. The molecule has 158 valence electrons. The fourth-order valence-corrected chi connectivity index (χ4v) is 4.10. The van der Waals surface area contributed by atoms with E-state index in [0.29, 0.717) is 5.69 Å². The maximum Gasteiger partial charge on any atom is 0.243 e. The van der Waals surface area contributed by atoms with Gasteiger partial charge in [0, 0.05) is 0 Å². The third-order valence-electron chi connectivity index (χ3n) is 4.49. The first-order valence-corrected chi connectivity index (χ1v) is 11.4. The number of amides is 1. The van der Waals surface area contributed by atoms with Gasteiger partial charge < -0.3 is 10.1 Å². The van der Waals surface area contributed by atoms with Gasteiger partial charge in [-0.1, -0.05) is 51.1 Å². The van der Waals surface area contributed by atoms with Crippen molar-refractivity contribution in [2.24, 2.45) is 0 Å². The minimum Gasteiger partial charge on any atom is -0.492 e. The molecule has 0 aliphatic heterocycles. The summed E-state index contributed by atoms with van der Waals surface area (Å²) in [7, 11) is -3.61. The van der Waals surface area contributed by atoms with Gasteiger partial charge in [0.1, 0.15) is 18.4 Å². The zero-order chi connectivity index (χ0) is 21.7. The van der Waals surface area contributed by atoms with Crippen molar-refractivity contribution in [3.8, 4) is 5.75 Å². The Hall–Kier alpha value is -2.54. The zero-order valence-corrected chi connectivity index (χ0v) is 18.5. The lowest BCUT2D eigenvalue weighted by Gasteiger charge is -2.28. The summed E-state index contributed by atoms with van der Waals surface area (Å²) in [6, 6.07) is 15.6. The molecule has 0 radical (unpaired) electrons. The molecular weight excluding hydrogens is 388 g/mol. The van der Waals surface area contributed by atoms with Crippen LogP contribution in [0.1, 0.15) is 33.3 Å². The Morgan fingerprint density at radius 1 is 1.07 bits per heavy atom. The highest BCUT2D eigenvalue weighted by molar-refractivity contribution is 7.92. The molecule has 1 amide bonds. The zero-order valence-electron chi connectivity index (χ0n) is 17.7. The van der Waals surface area contributed by atoms with Crippen molar-refractivity contribution in [1.82, 2.24) is 5.32 Å². The van der Waals surface area contributed by atoms with Crippen molar-refractivity contribution in [1.29, 1.82) is 0 Å². The SMILES string of the molecule is C[C@H](C(=O)NCCOc1ccc(C(C)(C)C)cc1)N(c1ccccc1)S(C)(=O)=O. The minimum atomic E-state index is -3.61. The summed E-state index contributed by atoms with van der Waals surface area (Å²) in [6.45, 7) is 8.57. The minimum absolute atomic E-state index is 0.0763. The molecule has 0 spiro atoms. The summed E-state index contributed by atoms with van der Waals surface area (Å²) in [5, 5.41) is 2.74. The van der Waals surface area contributed by atoms with Crippen LogP contribution in [-0.4, -0.2) is 39.8 Å². The number of nitrogens with one attached hydrogen (secondary N) is 1. The van der Waals surface area contributed by atoms with Gasteiger partial charge in [-0.05, 0) is 42.2 Å². The van der Waals surface area contributed by atoms with Crippen LogP contribution in [-0.2, 0) is 20.2 Å². The number of nitrogens with zero attached hydrogens (tertiary/aromatic N) is 1. The fourth-order valence-electron chi connectivity index (χ4n) is 2.93. The maximum absolute atomic E-state index is 12.5. The number of carbonyl (C=O) groups is 1. The van der Waals surface area contributed by atoms with Gasteiger partial charge in [0.25, 0.3) is 0 Å². The molecule has 0 saturated carbocycles. The van der Waals surface area contributed by atoms with E-state index in [9.17, 15) is 13.2 Å². The number of sulfonamides is 1. The van der Waals surface area contributed by atoms with E-state index in [1.807, 2.05) is 24.3 Å². The highest BCUT2D eigenvalue weighted by Crippen LogP contribution is 2.24. The molecule has 6 nitrogen and oxygen atoms in total. The molecule has 2 aromatic rings. The van der Waals surface area contributed by atoms with E-state index >= 15 is 0 Å². The van der Waals surface area contributed by atoms with Crippen LogP contribution < -0.4 is 14.4 Å². The summed E-state index contributed by atoms with van der Waals surface area (Å²) in [5.74, 6) is 0.341. The van der Waals surface area contributed by atoms with Crippen LogP contribution in [0.15, 0.2) is 54.6 Å². The Balaban J connectivity index is 1.91. The van der Waals surface area contributed by atoms with Crippen molar-refractivity contribution in [2.45, 2.75) is 39.2 Å². The van der Waals surface area contributed by atoms with Crippen LogP contribution in [0.5, 0.6) is 5.75 Å². The summed E-state index contributed by atoms with van der Waals surface area (Å²) in [5.41, 5.74) is 1.74. The van der Waals surface area contributed by atoms with Crippen molar-refractivity contribution >= 4 is 21.6 Å². The van der Waals surface area contributed by atoms with Gasteiger partial charge in [-0.25, -0.2) is 8.42 Å². The topological polar surface area (TPSA) is 75.7 Å². The summed E-state index contributed by atoms with van der Waals surface area (Å²) >= 11 is 0. The van der Waals surface area contributed by atoms with Crippen molar-refractivity contribution < 1.29 is 17.9 Å². The standard InChI is InChI=1S/C22H30N2O4S/c1-17(24(29(5,26)27)19-9-7-6-8-10-19)21(25)23-15-16-28-20-13-11-18(12-14-20)22(2,3)4/h6-14,17H,15-16H2,1-5H3,(H,23,25)/t17-/m1/s1. The molecule has 0 bridgehead atoms. The lowest BCUT2D eigenvalue weighted by Crippen LogP contribution is -2.48. The molecule has 0 fully saturated rings. The molecule has 7 heteroatoms. The van der Waals surface area contributed by atoms with E-state index in [1.54, 1.807) is 37.3 Å². The Labute approximate surface area is 173 Å². The molecule has 29 heavy (non-hydrogen) atoms. The van der Waals surface area contributed by atoms with Gasteiger partial charge in [-0.15, -0.1) is 0 Å². The van der Waals surface area contributed by atoms with Crippen LogP contribution in [0.25, 0.3) is 0 Å².